The van der Waals surface area contributed by atoms with Crippen LogP contribution >= 0.6 is 0 Å². The first-order valence-corrected chi connectivity index (χ1v) is 10.4. The van der Waals surface area contributed by atoms with E-state index in [-0.39, 0.29) is 16.1 Å². The van der Waals surface area contributed by atoms with E-state index in [9.17, 15) is 12.8 Å². The third-order valence-corrected chi connectivity index (χ3v) is 6.53. The van der Waals surface area contributed by atoms with Gasteiger partial charge in [0, 0.05) is 29.1 Å². The molecule has 0 bridgehead atoms. The highest BCUT2D eigenvalue weighted by molar-refractivity contribution is 7.89. The van der Waals surface area contributed by atoms with Crippen LogP contribution in [0.2, 0.25) is 0 Å². The van der Waals surface area contributed by atoms with Gasteiger partial charge in [-0.25, -0.2) is 17.5 Å². The predicted octanol–water partition coefficient (Wildman–Crippen LogP) is 3.72. The molecule has 0 radical (unpaired) electrons. The number of rotatable bonds is 7. The fraction of sp³-hybridized carbons (Fsp3) is 0.300. The first-order valence-electron chi connectivity index (χ1n) is 8.93. The summed E-state index contributed by atoms with van der Waals surface area (Å²) in [5.41, 5.74) is 1.52. The minimum absolute atomic E-state index is 0.211. The molecule has 0 unspecified atom stereocenters. The molecular formula is C20H21FN2O3S. The van der Waals surface area contributed by atoms with Gasteiger partial charge in [0.2, 0.25) is 10.0 Å². The number of hydrogen-bond acceptors (Lipinski definition) is 3. The van der Waals surface area contributed by atoms with Crippen LogP contribution in [0.4, 0.5) is 4.39 Å². The first kappa shape index (κ1) is 18.0. The summed E-state index contributed by atoms with van der Waals surface area (Å²) in [6, 6.07) is 11.0. The molecule has 142 valence electrons. The van der Waals surface area contributed by atoms with E-state index in [1.165, 1.54) is 12.1 Å². The molecule has 0 saturated heterocycles. The Hall–Kier alpha value is -2.38. The Morgan fingerprint density at radius 1 is 1.19 bits per heavy atom. The minimum atomic E-state index is -3.61. The zero-order valence-corrected chi connectivity index (χ0v) is 15.8. The van der Waals surface area contributed by atoms with Gasteiger partial charge in [-0.2, -0.15) is 0 Å². The number of fused-ring (bicyclic) bond motifs is 1. The summed E-state index contributed by atoms with van der Waals surface area (Å²) in [6.45, 7) is 2.72. The van der Waals surface area contributed by atoms with Crippen molar-refractivity contribution >= 4 is 20.9 Å². The van der Waals surface area contributed by atoms with E-state index in [1.807, 2.05) is 13.1 Å². The lowest BCUT2D eigenvalue weighted by molar-refractivity contribution is 0.340. The van der Waals surface area contributed by atoms with Crippen molar-refractivity contribution in [1.29, 1.82) is 0 Å². The lowest BCUT2D eigenvalue weighted by Crippen LogP contribution is -2.32. The molecule has 27 heavy (non-hydrogen) atoms. The van der Waals surface area contributed by atoms with Gasteiger partial charge in [-0.3, -0.25) is 0 Å². The maximum Gasteiger partial charge on any atom is 0.240 e. The molecule has 1 aromatic heterocycles. The maximum absolute atomic E-state index is 13.4. The number of benzene rings is 2. The maximum atomic E-state index is 13.4. The number of aromatic amines is 1. The van der Waals surface area contributed by atoms with Gasteiger partial charge in [-0.15, -0.1) is 0 Å². The number of aromatic nitrogens is 1. The number of ether oxygens (including phenoxy) is 1. The van der Waals surface area contributed by atoms with E-state index < -0.39 is 10.0 Å². The topological polar surface area (TPSA) is 71.2 Å². The zero-order valence-electron chi connectivity index (χ0n) is 15.0. The number of nitrogens with one attached hydrogen (secondary N) is 2. The molecule has 0 aliphatic heterocycles. The summed E-state index contributed by atoms with van der Waals surface area (Å²) >= 11 is 0. The Balaban J connectivity index is 1.53. The smallest absolute Gasteiger partial charge is 0.240 e. The standard InChI is InChI=1S/C20H21FN2O3S/c1-2-26-15-4-6-16(7-5-15)27(24,25)23-13-20(9-10-20)18-12-22-19-11-14(21)3-8-17(18)19/h3-8,11-12,22-23H,2,9-10,13H2,1H3. The van der Waals surface area contributed by atoms with Crippen LogP contribution in [0.5, 0.6) is 5.75 Å². The summed E-state index contributed by atoms with van der Waals surface area (Å²) in [7, 11) is -3.61. The Bertz CT molecular complexity index is 1070. The Labute approximate surface area is 157 Å². The lowest BCUT2D eigenvalue weighted by atomic mass is 9.96. The van der Waals surface area contributed by atoms with Crippen molar-refractivity contribution in [2.45, 2.75) is 30.1 Å². The monoisotopic (exact) mass is 388 g/mol. The molecule has 1 aliphatic carbocycles. The molecule has 5 nitrogen and oxygen atoms in total. The molecule has 0 atom stereocenters. The highest BCUT2D eigenvalue weighted by Crippen LogP contribution is 2.50. The second-order valence-corrected chi connectivity index (χ2v) is 8.67. The molecule has 0 amide bonds. The van der Waals surface area contributed by atoms with Crippen LogP contribution < -0.4 is 9.46 Å². The normalized spacial score (nSPS) is 15.8. The van der Waals surface area contributed by atoms with Crippen LogP contribution in [0.25, 0.3) is 10.9 Å². The van der Waals surface area contributed by atoms with E-state index in [4.69, 9.17) is 4.74 Å². The Kier molecular flexibility index (Phi) is 4.44. The summed E-state index contributed by atoms with van der Waals surface area (Å²) in [6.07, 6.45) is 3.65. The number of halogens is 1. The van der Waals surface area contributed by atoms with Gasteiger partial charge in [0.25, 0.3) is 0 Å². The van der Waals surface area contributed by atoms with Crippen molar-refractivity contribution in [3.8, 4) is 5.75 Å². The average Bonchev–Trinajstić information content (AvgIpc) is 3.33. The molecule has 1 aliphatic rings. The van der Waals surface area contributed by atoms with Crippen molar-refractivity contribution < 1.29 is 17.5 Å². The molecule has 4 rings (SSSR count). The Morgan fingerprint density at radius 3 is 2.59 bits per heavy atom. The van der Waals surface area contributed by atoms with Crippen LogP contribution in [0.3, 0.4) is 0 Å². The van der Waals surface area contributed by atoms with Gasteiger partial charge in [0.1, 0.15) is 11.6 Å². The summed E-state index contributed by atoms with van der Waals surface area (Å²) in [4.78, 5) is 3.30. The summed E-state index contributed by atoms with van der Waals surface area (Å²) in [5.74, 6) is 0.345. The van der Waals surface area contributed by atoms with Gasteiger partial charge in [-0.05, 0) is 67.8 Å². The highest BCUT2D eigenvalue weighted by Gasteiger charge is 2.46. The zero-order chi connectivity index (χ0) is 19.1. The van der Waals surface area contributed by atoms with Crippen molar-refractivity contribution in [2.75, 3.05) is 13.2 Å². The van der Waals surface area contributed by atoms with Crippen molar-refractivity contribution in [1.82, 2.24) is 9.71 Å². The van der Waals surface area contributed by atoms with Crippen LogP contribution in [0, 0.1) is 5.82 Å². The molecular weight excluding hydrogens is 367 g/mol. The quantitative estimate of drug-likeness (QED) is 0.648. The van der Waals surface area contributed by atoms with Gasteiger partial charge in [0.15, 0.2) is 0 Å². The molecule has 2 aromatic carbocycles. The lowest BCUT2D eigenvalue weighted by Gasteiger charge is -2.16. The second-order valence-electron chi connectivity index (χ2n) is 6.90. The molecule has 2 N–H and O–H groups in total. The fourth-order valence-electron chi connectivity index (χ4n) is 3.43. The number of hydrogen-bond donors (Lipinski definition) is 2. The van der Waals surface area contributed by atoms with E-state index >= 15 is 0 Å². The van der Waals surface area contributed by atoms with Gasteiger partial charge in [-0.1, -0.05) is 0 Å². The van der Waals surface area contributed by atoms with Crippen LogP contribution in [-0.4, -0.2) is 26.6 Å². The summed E-state index contributed by atoms with van der Waals surface area (Å²) in [5, 5.41) is 0.939. The third kappa shape index (κ3) is 3.44. The van der Waals surface area contributed by atoms with E-state index in [1.54, 1.807) is 30.3 Å². The van der Waals surface area contributed by atoms with Crippen molar-refractivity contribution in [2.24, 2.45) is 0 Å². The number of H-pyrrole nitrogens is 1. The SMILES string of the molecule is CCOc1ccc(S(=O)(=O)NCC2(c3c[nH]c4cc(F)ccc34)CC2)cc1. The average molecular weight is 388 g/mol. The van der Waals surface area contributed by atoms with Crippen LogP contribution in [0.15, 0.2) is 53.6 Å². The Morgan fingerprint density at radius 2 is 1.93 bits per heavy atom. The van der Waals surface area contributed by atoms with Crippen LogP contribution in [0.1, 0.15) is 25.3 Å². The predicted molar refractivity (Wildman–Crippen MR) is 102 cm³/mol. The molecule has 1 heterocycles. The highest BCUT2D eigenvalue weighted by atomic mass is 32.2. The molecule has 1 fully saturated rings. The van der Waals surface area contributed by atoms with Crippen molar-refractivity contribution in [3.05, 3.63) is 60.0 Å². The van der Waals surface area contributed by atoms with E-state index in [2.05, 4.69) is 9.71 Å². The van der Waals surface area contributed by atoms with Gasteiger partial charge >= 0.3 is 0 Å². The van der Waals surface area contributed by atoms with Gasteiger partial charge in [0.05, 0.1) is 11.5 Å². The van der Waals surface area contributed by atoms with Crippen LogP contribution in [-0.2, 0) is 15.4 Å². The molecule has 0 spiro atoms. The van der Waals surface area contributed by atoms with E-state index in [0.717, 1.165) is 29.3 Å². The van der Waals surface area contributed by atoms with Crippen molar-refractivity contribution in [3.63, 3.8) is 0 Å². The second kappa shape index (κ2) is 6.65. The molecule has 1 saturated carbocycles. The fourth-order valence-corrected chi connectivity index (χ4v) is 4.55. The largest absolute Gasteiger partial charge is 0.494 e. The number of sulfonamides is 1. The third-order valence-electron chi connectivity index (χ3n) is 5.11. The first-order chi connectivity index (χ1) is 12.9. The molecule has 7 heteroatoms. The van der Waals surface area contributed by atoms with E-state index in [0.29, 0.717) is 18.9 Å². The summed E-state index contributed by atoms with van der Waals surface area (Å²) < 4.78 is 46.8. The minimum Gasteiger partial charge on any atom is -0.494 e. The van der Waals surface area contributed by atoms with Gasteiger partial charge < -0.3 is 9.72 Å². The molecule has 3 aromatic rings.